The smallest absolute Gasteiger partial charge is 0.340 e. The number of hydrogen-bond acceptors (Lipinski definition) is 4. The van der Waals surface area contributed by atoms with E-state index in [4.69, 9.17) is 32.7 Å². The molecule has 1 aromatic rings. The maximum Gasteiger partial charge on any atom is 0.340 e. The molecule has 0 saturated carbocycles. The van der Waals surface area contributed by atoms with Gasteiger partial charge in [0.05, 0.1) is 24.9 Å². The molecule has 128 valence electrons. The number of amides is 1. The highest BCUT2D eigenvalue weighted by atomic mass is 35.5. The van der Waals surface area contributed by atoms with Crippen LogP contribution in [0.5, 0.6) is 0 Å². The van der Waals surface area contributed by atoms with Gasteiger partial charge >= 0.3 is 5.97 Å². The summed E-state index contributed by atoms with van der Waals surface area (Å²) in [6.45, 7) is 2.39. The summed E-state index contributed by atoms with van der Waals surface area (Å²) in [5.74, 6) is -0.868. The summed E-state index contributed by atoms with van der Waals surface area (Å²) < 4.78 is 9.84. The number of benzene rings is 1. The minimum absolute atomic E-state index is 0.226. The van der Waals surface area contributed by atoms with Gasteiger partial charge in [0.2, 0.25) is 0 Å². The number of methoxy groups -OCH3 is 2. The van der Waals surface area contributed by atoms with E-state index in [2.05, 4.69) is 0 Å². The van der Waals surface area contributed by atoms with Crippen LogP contribution in [0.3, 0.4) is 0 Å². The maximum atomic E-state index is 12.7. The van der Waals surface area contributed by atoms with Crippen LogP contribution in [0.15, 0.2) is 35.0 Å². The van der Waals surface area contributed by atoms with Gasteiger partial charge in [-0.1, -0.05) is 29.3 Å². The Balaban J connectivity index is 2.51. The Bertz CT molecular complexity index is 740. The van der Waals surface area contributed by atoms with Crippen LogP contribution in [-0.4, -0.2) is 44.1 Å². The molecule has 0 radical (unpaired) electrons. The maximum absolute atomic E-state index is 12.7. The minimum atomic E-state index is -0.572. The van der Waals surface area contributed by atoms with E-state index in [1.807, 2.05) is 0 Å². The first kappa shape index (κ1) is 18.5. The lowest BCUT2D eigenvalue weighted by Crippen LogP contribution is -2.28. The second-order valence-corrected chi connectivity index (χ2v) is 5.97. The summed E-state index contributed by atoms with van der Waals surface area (Å²) in [5, 5.41) is 0.876. The van der Waals surface area contributed by atoms with Gasteiger partial charge in [-0.15, -0.1) is 0 Å². The van der Waals surface area contributed by atoms with E-state index < -0.39 is 5.97 Å². The van der Waals surface area contributed by atoms with E-state index in [0.717, 1.165) is 0 Å². The van der Waals surface area contributed by atoms with Crippen LogP contribution in [0.1, 0.15) is 12.5 Å². The Morgan fingerprint density at radius 2 is 2.00 bits per heavy atom. The Morgan fingerprint density at radius 3 is 2.58 bits per heavy atom. The Morgan fingerprint density at radius 1 is 1.29 bits per heavy atom. The fourth-order valence-electron chi connectivity index (χ4n) is 2.45. The summed E-state index contributed by atoms with van der Waals surface area (Å²) >= 11 is 12.1. The summed E-state index contributed by atoms with van der Waals surface area (Å²) in [5.41, 5.74) is 1.58. The molecule has 1 aliphatic rings. The molecule has 5 nitrogen and oxygen atoms in total. The SMILES string of the molecule is COCCN1C(=O)C(=Cc2ccc(Cl)cc2Cl)C(C(=O)OC)=C1C. The van der Waals surface area contributed by atoms with Gasteiger partial charge < -0.3 is 14.4 Å². The van der Waals surface area contributed by atoms with E-state index in [1.165, 1.54) is 12.0 Å². The monoisotopic (exact) mass is 369 g/mol. The number of hydrogen-bond donors (Lipinski definition) is 0. The third-order valence-corrected chi connectivity index (χ3v) is 4.24. The first-order valence-corrected chi connectivity index (χ1v) is 7.93. The molecule has 1 heterocycles. The summed E-state index contributed by atoms with van der Waals surface area (Å²) in [7, 11) is 2.82. The van der Waals surface area contributed by atoms with E-state index in [0.29, 0.717) is 34.5 Å². The van der Waals surface area contributed by atoms with Gasteiger partial charge in [-0.2, -0.15) is 0 Å². The second kappa shape index (κ2) is 7.83. The zero-order valence-corrected chi connectivity index (χ0v) is 15.1. The summed E-state index contributed by atoms with van der Waals surface area (Å²) in [4.78, 5) is 26.4. The topological polar surface area (TPSA) is 55.8 Å². The molecule has 1 aromatic carbocycles. The molecule has 2 rings (SSSR count). The number of rotatable bonds is 5. The van der Waals surface area contributed by atoms with Crippen LogP contribution in [0.2, 0.25) is 10.0 Å². The van der Waals surface area contributed by atoms with Gasteiger partial charge in [-0.3, -0.25) is 4.79 Å². The van der Waals surface area contributed by atoms with Gasteiger partial charge in [-0.05, 0) is 30.7 Å². The van der Waals surface area contributed by atoms with Crippen molar-refractivity contribution in [1.29, 1.82) is 0 Å². The van der Waals surface area contributed by atoms with Gasteiger partial charge in [0.25, 0.3) is 5.91 Å². The van der Waals surface area contributed by atoms with Crippen molar-refractivity contribution in [2.75, 3.05) is 27.4 Å². The number of ether oxygens (including phenoxy) is 2. The molecule has 0 atom stereocenters. The predicted molar refractivity (Wildman–Crippen MR) is 92.7 cm³/mol. The average molecular weight is 370 g/mol. The lowest BCUT2D eigenvalue weighted by Gasteiger charge is -2.16. The molecular weight excluding hydrogens is 353 g/mol. The number of esters is 1. The highest BCUT2D eigenvalue weighted by Crippen LogP contribution is 2.33. The number of halogens is 2. The van der Waals surface area contributed by atoms with Crippen molar-refractivity contribution in [2.24, 2.45) is 0 Å². The third kappa shape index (κ3) is 3.64. The van der Waals surface area contributed by atoms with Crippen molar-refractivity contribution in [2.45, 2.75) is 6.92 Å². The van der Waals surface area contributed by atoms with Gasteiger partial charge in [0.1, 0.15) is 0 Å². The van der Waals surface area contributed by atoms with Crippen molar-refractivity contribution in [3.05, 3.63) is 50.7 Å². The molecule has 0 aliphatic carbocycles. The van der Waals surface area contributed by atoms with E-state index in [-0.39, 0.29) is 17.1 Å². The minimum Gasteiger partial charge on any atom is -0.465 e. The van der Waals surface area contributed by atoms with Crippen molar-refractivity contribution >= 4 is 41.2 Å². The fourth-order valence-corrected chi connectivity index (χ4v) is 2.92. The highest BCUT2D eigenvalue weighted by Gasteiger charge is 2.36. The van der Waals surface area contributed by atoms with E-state index >= 15 is 0 Å². The Hall–Kier alpha value is -1.82. The van der Waals surface area contributed by atoms with Gasteiger partial charge in [0, 0.05) is 29.4 Å². The van der Waals surface area contributed by atoms with Crippen molar-refractivity contribution in [1.82, 2.24) is 4.90 Å². The lowest BCUT2D eigenvalue weighted by molar-refractivity contribution is -0.136. The van der Waals surface area contributed by atoms with Crippen LogP contribution < -0.4 is 0 Å². The van der Waals surface area contributed by atoms with Crippen LogP contribution in [0, 0.1) is 0 Å². The fraction of sp³-hybridized carbons (Fsp3) is 0.294. The molecule has 1 aliphatic heterocycles. The molecule has 0 saturated heterocycles. The number of allylic oxidation sites excluding steroid dienone is 1. The molecule has 0 fully saturated rings. The summed E-state index contributed by atoms with van der Waals surface area (Å²) in [6, 6.07) is 4.93. The van der Waals surface area contributed by atoms with E-state index in [1.54, 1.807) is 38.3 Å². The number of carbonyl (C=O) groups excluding carboxylic acids is 2. The first-order chi connectivity index (χ1) is 11.4. The Kier molecular flexibility index (Phi) is 6.04. The molecule has 0 spiro atoms. The summed E-state index contributed by atoms with van der Waals surface area (Å²) in [6.07, 6.45) is 1.57. The zero-order valence-electron chi connectivity index (χ0n) is 13.6. The molecule has 0 aromatic heterocycles. The molecule has 0 unspecified atom stereocenters. The van der Waals surface area contributed by atoms with Crippen molar-refractivity contribution in [3.8, 4) is 0 Å². The highest BCUT2D eigenvalue weighted by molar-refractivity contribution is 6.35. The van der Waals surface area contributed by atoms with Crippen molar-refractivity contribution < 1.29 is 19.1 Å². The standard InChI is InChI=1S/C17H17Cl2NO4/c1-10-15(17(22)24-3)13(16(21)20(10)6-7-23-2)8-11-4-5-12(18)9-14(11)19/h4-5,8-9H,6-7H2,1-3H3. The van der Waals surface area contributed by atoms with Crippen LogP contribution in [-0.2, 0) is 19.1 Å². The largest absolute Gasteiger partial charge is 0.465 e. The van der Waals surface area contributed by atoms with Gasteiger partial charge in [0.15, 0.2) is 0 Å². The predicted octanol–water partition coefficient (Wildman–Crippen LogP) is 3.31. The lowest BCUT2D eigenvalue weighted by atomic mass is 10.0. The molecule has 0 bridgehead atoms. The first-order valence-electron chi connectivity index (χ1n) is 7.17. The van der Waals surface area contributed by atoms with Crippen LogP contribution >= 0.6 is 23.2 Å². The average Bonchev–Trinajstić information content (AvgIpc) is 2.78. The van der Waals surface area contributed by atoms with Gasteiger partial charge in [-0.25, -0.2) is 4.79 Å². The molecule has 7 heteroatoms. The normalized spacial score (nSPS) is 16.3. The third-order valence-electron chi connectivity index (χ3n) is 3.68. The molecule has 1 amide bonds. The van der Waals surface area contributed by atoms with Crippen LogP contribution in [0.25, 0.3) is 6.08 Å². The molecule has 0 N–H and O–H groups in total. The number of carbonyl (C=O) groups is 2. The number of nitrogens with zero attached hydrogens (tertiary/aromatic N) is 1. The second-order valence-electron chi connectivity index (χ2n) is 5.13. The molecular formula is C17H17Cl2NO4. The van der Waals surface area contributed by atoms with Crippen LogP contribution in [0.4, 0.5) is 0 Å². The molecule has 24 heavy (non-hydrogen) atoms. The van der Waals surface area contributed by atoms with Crippen molar-refractivity contribution in [3.63, 3.8) is 0 Å². The quantitative estimate of drug-likeness (QED) is 0.590. The Labute approximate surface area is 150 Å². The van der Waals surface area contributed by atoms with E-state index in [9.17, 15) is 9.59 Å². The zero-order chi connectivity index (χ0) is 17.9.